The topological polar surface area (TPSA) is 64.8 Å². The zero-order valence-corrected chi connectivity index (χ0v) is 14.9. The lowest BCUT2D eigenvalue weighted by Gasteiger charge is -2.47. The molecule has 0 aromatic heterocycles. The number of carbonyl (C=O) groups is 1. The summed E-state index contributed by atoms with van der Waals surface area (Å²) in [6.45, 7) is 1.10. The van der Waals surface area contributed by atoms with E-state index in [4.69, 9.17) is 15.2 Å². The van der Waals surface area contributed by atoms with Crippen LogP contribution < -0.4 is 15.2 Å². The second-order valence-corrected chi connectivity index (χ2v) is 7.84. The van der Waals surface area contributed by atoms with Crippen molar-refractivity contribution in [1.29, 1.82) is 0 Å². The summed E-state index contributed by atoms with van der Waals surface area (Å²) in [5.41, 5.74) is 5.67. The van der Waals surface area contributed by atoms with Crippen molar-refractivity contribution in [2.75, 3.05) is 13.1 Å². The van der Waals surface area contributed by atoms with Gasteiger partial charge in [-0.05, 0) is 49.8 Å². The Labute approximate surface area is 155 Å². The van der Waals surface area contributed by atoms with Gasteiger partial charge >= 0.3 is 6.18 Å². The molecule has 1 saturated heterocycles. The standard InChI is InChI=1S/C19H23F3N2O3/c20-19(21,22)8-11-9-24(10-11)14-4-1-12(2-5-14)18-26-15-6-3-13(17(23)25)7-16(15)27-18/h3,6-7,11-12,14,18H,1-2,4-5,8-10H2,(H2,23,25)/t12-,14-,18?. The summed E-state index contributed by atoms with van der Waals surface area (Å²) >= 11 is 0. The minimum absolute atomic E-state index is 0.234. The fourth-order valence-electron chi connectivity index (χ4n) is 4.42. The van der Waals surface area contributed by atoms with Crippen LogP contribution in [0.5, 0.6) is 11.5 Å². The third-order valence-corrected chi connectivity index (χ3v) is 5.86. The molecule has 2 aliphatic heterocycles. The van der Waals surface area contributed by atoms with Crippen LogP contribution in [-0.4, -0.2) is 42.4 Å². The monoisotopic (exact) mass is 384 g/mol. The average molecular weight is 384 g/mol. The Morgan fingerprint density at radius 2 is 1.78 bits per heavy atom. The third-order valence-electron chi connectivity index (χ3n) is 5.86. The molecule has 2 heterocycles. The minimum atomic E-state index is -4.06. The Morgan fingerprint density at radius 3 is 2.41 bits per heavy atom. The number of ether oxygens (including phenoxy) is 2. The molecule has 4 rings (SSSR count). The first-order valence-electron chi connectivity index (χ1n) is 9.36. The highest BCUT2D eigenvalue weighted by molar-refractivity contribution is 5.93. The van der Waals surface area contributed by atoms with Crippen molar-refractivity contribution in [3.05, 3.63) is 23.8 Å². The van der Waals surface area contributed by atoms with E-state index in [1.807, 2.05) is 0 Å². The van der Waals surface area contributed by atoms with Crippen molar-refractivity contribution in [2.24, 2.45) is 17.6 Å². The molecular formula is C19H23F3N2O3. The quantitative estimate of drug-likeness (QED) is 0.865. The van der Waals surface area contributed by atoms with Gasteiger partial charge in [-0.15, -0.1) is 0 Å². The fourth-order valence-corrected chi connectivity index (χ4v) is 4.42. The number of fused-ring (bicyclic) bond motifs is 1. The molecule has 1 aromatic carbocycles. The Bertz CT molecular complexity index is 711. The van der Waals surface area contributed by atoms with Gasteiger partial charge in [-0.2, -0.15) is 13.2 Å². The second-order valence-electron chi connectivity index (χ2n) is 7.84. The van der Waals surface area contributed by atoms with Crippen molar-refractivity contribution in [1.82, 2.24) is 4.90 Å². The molecule has 8 heteroatoms. The number of rotatable bonds is 4. The summed E-state index contributed by atoms with van der Waals surface area (Å²) in [5.74, 6) is 0.626. The number of carbonyl (C=O) groups excluding carboxylic acids is 1. The molecule has 2 N–H and O–H groups in total. The van der Waals surface area contributed by atoms with Gasteiger partial charge in [0.1, 0.15) is 0 Å². The van der Waals surface area contributed by atoms with E-state index in [2.05, 4.69) is 4.90 Å². The van der Waals surface area contributed by atoms with Gasteiger partial charge in [0.15, 0.2) is 11.5 Å². The number of halogens is 3. The van der Waals surface area contributed by atoms with Crippen molar-refractivity contribution in [2.45, 2.75) is 50.6 Å². The molecule has 1 aliphatic carbocycles. The maximum absolute atomic E-state index is 12.4. The van der Waals surface area contributed by atoms with Gasteiger partial charge in [0, 0.05) is 37.0 Å². The van der Waals surface area contributed by atoms with Crippen molar-refractivity contribution < 1.29 is 27.4 Å². The van der Waals surface area contributed by atoms with E-state index in [1.54, 1.807) is 18.2 Å². The lowest BCUT2D eigenvalue weighted by molar-refractivity contribution is -0.159. The third kappa shape index (κ3) is 4.00. The molecule has 1 aromatic rings. The van der Waals surface area contributed by atoms with E-state index in [1.165, 1.54) is 0 Å². The predicted molar refractivity (Wildman–Crippen MR) is 91.5 cm³/mol. The van der Waals surface area contributed by atoms with Crippen LogP contribution in [0.4, 0.5) is 13.2 Å². The average Bonchev–Trinajstić information content (AvgIpc) is 3.00. The lowest BCUT2D eigenvalue weighted by atomic mass is 9.82. The molecular weight excluding hydrogens is 361 g/mol. The molecule has 3 aliphatic rings. The summed E-state index contributed by atoms with van der Waals surface area (Å²) in [4.78, 5) is 13.5. The van der Waals surface area contributed by atoms with Crippen LogP contribution in [0.3, 0.4) is 0 Å². The van der Waals surface area contributed by atoms with Crippen molar-refractivity contribution in [3.8, 4) is 11.5 Å². The first-order valence-corrected chi connectivity index (χ1v) is 9.36. The molecule has 5 nitrogen and oxygen atoms in total. The number of likely N-dealkylation sites (tertiary alicyclic amines) is 1. The Morgan fingerprint density at radius 1 is 1.11 bits per heavy atom. The number of nitrogens with two attached hydrogens (primary N) is 1. The molecule has 0 radical (unpaired) electrons. The maximum atomic E-state index is 12.4. The highest BCUT2D eigenvalue weighted by Crippen LogP contribution is 2.42. The van der Waals surface area contributed by atoms with Gasteiger partial charge < -0.3 is 15.2 Å². The van der Waals surface area contributed by atoms with E-state index in [0.29, 0.717) is 36.2 Å². The largest absolute Gasteiger partial charge is 0.451 e. The van der Waals surface area contributed by atoms with Gasteiger partial charge in [0.2, 0.25) is 12.2 Å². The lowest BCUT2D eigenvalue weighted by Crippen LogP contribution is -2.54. The Hall–Kier alpha value is -1.96. The van der Waals surface area contributed by atoms with E-state index >= 15 is 0 Å². The summed E-state index contributed by atoms with van der Waals surface area (Å²) in [6, 6.07) is 5.27. The van der Waals surface area contributed by atoms with Crippen LogP contribution in [0.25, 0.3) is 0 Å². The molecule has 0 spiro atoms. The molecule has 1 atom stereocenters. The number of hydrogen-bond acceptors (Lipinski definition) is 4. The molecule has 1 amide bonds. The molecule has 1 unspecified atom stereocenters. The van der Waals surface area contributed by atoms with Crippen molar-refractivity contribution >= 4 is 5.91 Å². The zero-order valence-electron chi connectivity index (χ0n) is 14.9. The van der Waals surface area contributed by atoms with Crippen LogP contribution in [0.15, 0.2) is 18.2 Å². The number of primary amides is 1. The Balaban J connectivity index is 1.25. The van der Waals surface area contributed by atoms with E-state index in [9.17, 15) is 18.0 Å². The van der Waals surface area contributed by atoms with Gasteiger partial charge in [-0.25, -0.2) is 0 Å². The summed E-state index contributed by atoms with van der Waals surface area (Å²) in [7, 11) is 0. The smallest absolute Gasteiger partial charge is 0.389 e. The predicted octanol–water partition coefficient (Wildman–Crippen LogP) is 3.33. The van der Waals surface area contributed by atoms with Gasteiger partial charge in [-0.3, -0.25) is 9.69 Å². The zero-order chi connectivity index (χ0) is 19.2. The number of amides is 1. The normalized spacial score (nSPS) is 28.8. The SMILES string of the molecule is NC(=O)c1ccc2c(c1)OC([C@H]1CC[C@H](N3CC(CC(F)(F)F)C3)CC1)O2. The minimum Gasteiger partial charge on any atom is -0.451 e. The van der Waals surface area contributed by atoms with Gasteiger partial charge in [-0.1, -0.05) is 0 Å². The van der Waals surface area contributed by atoms with Crippen LogP contribution in [0.1, 0.15) is 42.5 Å². The highest BCUT2D eigenvalue weighted by Gasteiger charge is 2.42. The molecule has 1 saturated carbocycles. The first kappa shape index (κ1) is 18.4. The molecule has 148 valence electrons. The number of hydrogen-bond donors (Lipinski definition) is 1. The van der Waals surface area contributed by atoms with Crippen LogP contribution >= 0.6 is 0 Å². The summed E-state index contributed by atoms with van der Waals surface area (Å²) in [6.07, 6.45) is -1.41. The van der Waals surface area contributed by atoms with Crippen LogP contribution in [-0.2, 0) is 0 Å². The number of alkyl halides is 3. The molecule has 0 bridgehead atoms. The van der Waals surface area contributed by atoms with Gasteiger partial charge in [0.25, 0.3) is 0 Å². The Kier molecular flexibility index (Phi) is 4.70. The summed E-state index contributed by atoms with van der Waals surface area (Å²) in [5, 5.41) is 0. The second kappa shape index (κ2) is 6.89. The highest BCUT2D eigenvalue weighted by atomic mass is 19.4. The van der Waals surface area contributed by atoms with E-state index < -0.39 is 18.5 Å². The van der Waals surface area contributed by atoms with E-state index in [0.717, 1.165) is 25.7 Å². The first-order chi connectivity index (χ1) is 12.8. The molecule has 2 fully saturated rings. The fraction of sp³-hybridized carbons (Fsp3) is 0.632. The molecule has 27 heavy (non-hydrogen) atoms. The van der Waals surface area contributed by atoms with Crippen LogP contribution in [0, 0.1) is 11.8 Å². The van der Waals surface area contributed by atoms with Gasteiger partial charge in [0.05, 0.1) is 0 Å². The number of benzene rings is 1. The maximum Gasteiger partial charge on any atom is 0.389 e. The van der Waals surface area contributed by atoms with Crippen molar-refractivity contribution in [3.63, 3.8) is 0 Å². The van der Waals surface area contributed by atoms with Crippen LogP contribution in [0.2, 0.25) is 0 Å². The number of nitrogens with zero attached hydrogens (tertiary/aromatic N) is 1. The summed E-state index contributed by atoms with van der Waals surface area (Å²) < 4.78 is 49.0. The van der Waals surface area contributed by atoms with E-state index in [-0.39, 0.29) is 18.1 Å².